The van der Waals surface area contributed by atoms with Gasteiger partial charge in [-0.3, -0.25) is 4.90 Å². The van der Waals surface area contributed by atoms with E-state index in [4.69, 9.17) is 9.97 Å². The minimum absolute atomic E-state index is 0.136. The zero-order valence-electron chi connectivity index (χ0n) is 15.2. The number of anilines is 1. The standard InChI is InChI=1S/C21H20N4OS/c1-14(15-9-5-3-6-10-15)25-19-17(13-22-21(25)26)18(23-20(24-19)27-2)16-11-7-4-8-12-16/h3-12,14H,13H2,1-2H3,(H,22,26). The third-order valence-electron chi connectivity index (χ3n) is 4.73. The first kappa shape index (κ1) is 17.5. The van der Waals surface area contributed by atoms with Crippen LogP contribution in [0.2, 0.25) is 0 Å². The Hall–Kier alpha value is -2.86. The molecule has 0 aliphatic carbocycles. The minimum atomic E-state index is -0.140. The van der Waals surface area contributed by atoms with Crippen molar-refractivity contribution in [1.82, 2.24) is 15.3 Å². The van der Waals surface area contributed by atoms with Crippen molar-refractivity contribution in [2.24, 2.45) is 0 Å². The van der Waals surface area contributed by atoms with Crippen molar-refractivity contribution in [3.63, 3.8) is 0 Å². The van der Waals surface area contributed by atoms with Gasteiger partial charge in [-0.1, -0.05) is 72.4 Å². The molecule has 1 N–H and O–H groups in total. The van der Waals surface area contributed by atoms with Gasteiger partial charge in [-0.05, 0) is 18.7 Å². The molecule has 6 heteroatoms. The molecule has 3 aromatic rings. The third kappa shape index (κ3) is 3.28. The van der Waals surface area contributed by atoms with Gasteiger partial charge in [0, 0.05) is 11.1 Å². The Morgan fingerprint density at radius 1 is 1.04 bits per heavy atom. The average Bonchev–Trinajstić information content (AvgIpc) is 2.73. The summed E-state index contributed by atoms with van der Waals surface area (Å²) in [6, 6.07) is 19.8. The lowest BCUT2D eigenvalue weighted by Gasteiger charge is -2.34. The second-order valence-corrected chi connectivity index (χ2v) is 7.12. The lowest BCUT2D eigenvalue weighted by Crippen LogP contribution is -2.46. The molecular weight excluding hydrogens is 356 g/mol. The molecule has 0 radical (unpaired) electrons. The van der Waals surface area contributed by atoms with Gasteiger partial charge in [0.05, 0.1) is 18.3 Å². The van der Waals surface area contributed by atoms with E-state index < -0.39 is 0 Å². The second-order valence-electron chi connectivity index (χ2n) is 6.34. The molecule has 0 saturated heterocycles. The molecule has 0 fully saturated rings. The quantitative estimate of drug-likeness (QED) is 0.532. The number of benzene rings is 2. The Kier molecular flexibility index (Phi) is 4.81. The summed E-state index contributed by atoms with van der Waals surface area (Å²) in [6.45, 7) is 2.44. The fourth-order valence-corrected chi connectivity index (χ4v) is 3.69. The molecule has 2 aromatic carbocycles. The van der Waals surface area contributed by atoms with E-state index in [0.717, 1.165) is 22.4 Å². The van der Waals surface area contributed by atoms with Gasteiger partial charge < -0.3 is 5.32 Å². The minimum Gasteiger partial charge on any atom is -0.333 e. The summed E-state index contributed by atoms with van der Waals surface area (Å²) in [7, 11) is 0. The average molecular weight is 376 g/mol. The van der Waals surface area contributed by atoms with E-state index in [1.54, 1.807) is 4.90 Å². The normalized spacial score (nSPS) is 14.4. The molecular formula is C21H20N4OS. The summed E-state index contributed by atoms with van der Waals surface area (Å²) >= 11 is 1.48. The number of amides is 2. The van der Waals surface area contributed by atoms with Gasteiger partial charge in [-0.25, -0.2) is 14.8 Å². The van der Waals surface area contributed by atoms with E-state index in [9.17, 15) is 4.79 Å². The molecule has 2 amide bonds. The second kappa shape index (κ2) is 7.40. The number of thioether (sulfide) groups is 1. The van der Waals surface area contributed by atoms with Crippen molar-refractivity contribution in [2.75, 3.05) is 11.2 Å². The van der Waals surface area contributed by atoms with Crippen LogP contribution < -0.4 is 10.2 Å². The summed E-state index contributed by atoms with van der Waals surface area (Å²) in [5.41, 5.74) is 3.90. The molecule has 0 bridgehead atoms. The van der Waals surface area contributed by atoms with Gasteiger partial charge in [0.15, 0.2) is 5.16 Å². The highest BCUT2D eigenvalue weighted by atomic mass is 32.2. The number of carbonyl (C=O) groups is 1. The van der Waals surface area contributed by atoms with E-state index in [1.165, 1.54) is 11.8 Å². The van der Waals surface area contributed by atoms with E-state index in [-0.39, 0.29) is 12.1 Å². The van der Waals surface area contributed by atoms with Gasteiger partial charge in [0.2, 0.25) is 0 Å². The highest BCUT2D eigenvalue weighted by molar-refractivity contribution is 7.98. The maximum atomic E-state index is 12.8. The van der Waals surface area contributed by atoms with Gasteiger partial charge in [-0.15, -0.1) is 0 Å². The van der Waals surface area contributed by atoms with Crippen LogP contribution in [0.1, 0.15) is 24.1 Å². The Labute approximate surface area is 162 Å². The van der Waals surface area contributed by atoms with Gasteiger partial charge in [0.25, 0.3) is 0 Å². The molecule has 1 unspecified atom stereocenters. The van der Waals surface area contributed by atoms with E-state index in [2.05, 4.69) is 5.32 Å². The molecule has 1 atom stereocenters. The van der Waals surface area contributed by atoms with Gasteiger partial charge in [-0.2, -0.15) is 0 Å². The summed E-state index contributed by atoms with van der Waals surface area (Å²) in [5.74, 6) is 0.688. The smallest absolute Gasteiger partial charge is 0.323 e. The van der Waals surface area contributed by atoms with Crippen molar-refractivity contribution in [3.05, 3.63) is 71.8 Å². The zero-order valence-corrected chi connectivity index (χ0v) is 16.0. The van der Waals surface area contributed by atoms with Gasteiger partial charge >= 0.3 is 6.03 Å². The predicted octanol–water partition coefficient (Wildman–Crippen LogP) is 4.66. The molecule has 2 heterocycles. The topological polar surface area (TPSA) is 58.1 Å². The number of rotatable bonds is 4. The van der Waals surface area contributed by atoms with Crippen LogP contribution >= 0.6 is 11.8 Å². The number of hydrogen-bond donors (Lipinski definition) is 1. The van der Waals surface area contributed by atoms with E-state index in [0.29, 0.717) is 17.5 Å². The van der Waals surface area contributed by atoms with Crippen LogP contribution in [-0.2, 0) is 6.54 Å². The molecule has 4 rings (SSSR count). The van der Waals surface area contributed by atoms with E-state index >= 15 is 0 Å². The van der Waals surface area contributed by atoms with Crippen LogP contribution in [0.25, 0.3) is 11.3 Å². The van der Waals surface area contributed by atoms with Crippen LogP contribution in [-0.4, -0.2) is 22.3 Å². The molecule has 0 saturated carbocycles. The lowest BCUT2D eigenvalue weighted by atomic mass is 10.0. The van der Waals surface area contributed by atoms with Crippen molar-refractivity contribution >= 4 is 23.6 Å². The lowest BCUT2D eigenvalue weighted by molar-refractivity contribution is 0.242. The largest absolute Gasteiger partial charge is 0.333 e. The summed E-state index contributed by atoms with van der Waals surface area (Å²) in [5, 5.41) is 3.65. The number of fused-ring (bicyclic) bond motifs is 1. The first-order chi connectivity index (χ1) is 13.2. The number of aromatic nitrogens is 2. The molecule has 136 valence electrons. The van der Waals surface area contributed by atoms with Crippen LogP contribution in [0, 0.1) is 0 Å². The number of nitrogens with zero attached hydrogens (tertiary/aromatic N) is 3. The molecule has 5 nitrogen and oxygen atoms in total. The van der Waals surface area contributed by atoms with Crippen LogP contribution in [0.15, 0.2) is 65.8 Å². The maximum Gasteiger partial charge on any atom is 0.323 e. The Balaban J connectivity index is 1.88. The summed E-state index contributed by atoms with van der Waals surface area (Å²) in [6.07, 6.45) is 1.95. The first-order valence-corrected chi connectivity index (χ1v) is 10.0. The Bertz CT molecular complexity index is 963. The Morgan fingerprint density at radius 3 is 2.37 bits per heavy atom. The third-order valence-corrected chi connectivity index (χ3v) is 5.27. The van der Waals surface area contributed by atoms with Crippen molar-refractivity contribution < 1.29 is 4.79 Å². The molecule has 0 spiro atoms. The fourth-order valence-electron chi connectivity index (χ4n) is 3.33. The molecule has 1 aliphatic heterocycles. The number of nitrogens with one attached hydrogen (secondary N) is 1. The monoisotopic (exact) mass is 376 g/mol. The van der Waals surface area contributed by atoms with Gasteiger partial charge in [0.1, 0.15) is 5.82 Å². The molecule has 1 aliphatic rings. The molecule has 1 aromatic heterocycles. The van der Waals surface area contributed by atoms with Crippen molar-refractivity contribution in [1.29, 1.82) is 0 Å². The highest BCUT2D eigenvalue weighted by Crippen LogP contribution is 2.36. The first-order valence-electron chi connectivity index (χ1n) is 8.81. The Morgan fingerprint density at radius 2 is 1.70 bits per heavy atom. The van der Waals surface area contributed by atoms with Crippen molar-refractivity contribution in [3.8, 4) is 11.3 Å². The summed E-state index contributed by atoms with van der Waals surface area (Å²) < 4.78 is 0. The fraction of sp³-hybridized carbons (Fsp3) is 0.190. The van der Waals surface area contributed by atoms with Crippen LogP contribution in [0.5, 0.6) is 0 Å². The van der Waals surface area contributed by atoms with Crippen LogP contribution in [0.3, 0.4) is 0 Å². The number of hydrogen-bond acceptors (Lipinski definition) is 4. The number of carbonyl (C=O) groups excluding carboxylic acids is 1. The summed E-state index contributed by atoms with van der Waals surface area (Å²) in [4.78, 5) is 24.0. The molecule has 27 heavy (non-hydrogen) atoms. The zero-order chi connectivity index (χ0) is 18.8. The van der Waals surface area contributed by atoms with Crippen LogP contribution in [0.4, 0.5) is 10.6 Å². The predicted molar refractivity (Wildman–Crippen MR) is 109 cm³/mol. The highest BCUT2D eigenvalue weighted by Gasteiger charge is 2.33. The van der Waals surface area contributed by atoms with E-state index in [1.807, 2.05) is 73.8 Å². The van der Waals surface area contributed by atoms with Crippen molar-refractivity contribution in [2.45, 2.75) is 24.7 Å². The number of urea groups is 1. The maximum absolute atomic E-state index is 12.8. The SMILES string of the molecule is CSc1nc(-c2ccccc2)c2c(n1)N(C(C)c1ccccc1)C(=O)NC2.